The van der Waals surface area contributed by atoms with E-state index in [0.29, 0.717) is 0 Å². The molecule has 5 rings (SSSR count). The highest BCUT2D eigenvalue weighted by molar-refractivity contribution is 5.82. The van der Waals surface area contributed by atoms with Gasteiger partial charge in [0, 0.05) is 0 Å². The highest BCUT2D eigenvalue weighted by atomic mass is 19.4. The molecule has 1 amide bonds. The van der Waals surface area contributed by atoms with Crippen molar-refractivity contribution in [2.75, 3.05) is 13.3 Å². The summed E-state index contributed by atoms with van der Waals surface area (Å²) in [6.07, 6.45) is -19.0. The van der Waals surface area contributed by atoms with Crippen LogP contribution >= 0.6 is 0 Å². The summed E-state index contributed by atoms with van der Waals surface area (Å²) in [5.41, 5.74) is 2.38. The first kappa shape index (κ1) is 37.7. The van der Waals surface area contributed by atoms with Crippen molar-refractivity contribution >= 4 is 5.91 Å². The SMILES string of the molecule is O=C(N[C@@H]1[C@@H](OC[C@H]2O[C@H](O)[C@@H](OCc3ccccc3)[C@@H](OCc3ccccc3)[C@@H]2OCc2ccccc2)O[C@H](CF)[C@@H](O)[C@@H]1O)C(F)(F)F. The zero-order valence-electron chi connectivity index (χ0n) is 26.7. The molecule has 3 aromatic carbocycles. The molecule has 0 saturated carbocycles. The first-order valence-electron chi connectivity index (χ1n) is 15.9. The van der Waals surface area contributed by atoms with Crippen molar-refractivity contribution in [1.82, 2.24) is 5.32 Å². The van der Waals surface area contributed by atoms with E-state index < -0.39 is 86.7 Å². The molecule has 10 atom stereocenters. The van der Waals surface area contributed by atoms with Crippen LogP contribution in [0.15, 0.2) is 91.0 Å². The first-order chi connectivity index (χ1) is 24.0. The van der Waals surface area contributed by atoms with Crippen LogP contribution in [-0.4, -0.2) is 102 Å². The van der Waals surface area contributed by atoms with Gasteiger partial charge in [-0.1, -0.05) is 91.0 Å². The Morgan fingerprint density at radius 1 is 0.660 bits per heavy atom. The number of benzene rings is 3. The number of carbonyl (C=O) groups excluding carboxylic acids is 1. The minimum Gasteiger partial charge on any atom is -0.388 e. The van der Waals surface area contributed by atoms with Crippen LogP contribution in [-0.2, 0) is 53.0 Å². The molecule has 11 nitrogen and oxygen atoms in total. The number of aliphatic hydroxyl groups excluding tert-OH is 3. The Hall–Kier alpha value is -3.51. The van der Waals surface area contributed by atoms with Crippen LogP contribution in [0, 0.1) is 0 Å². The lowest BCUT2D eigenvalue weighted by Crippen LogP contribution is -2.66. The van der Waals surface area contributed by atoms with Crippen molar-refractivity contribution < 1.29 is 66.1 Å². The van der Waals surface area contributed by atoms with E-state index in [0.717, 1.165) is 16.7 Å². The summed E-state index contributed by atoms with van der Waals surface area (Å²) >= 11 is 0. The van der Waals surface area contributed by atoms with Gasteiger partial charge in [0.1, 0.15) is 55.4 Å². The maximum Gasteiger partial charge on any atom is 0.471 e. The molecule has 0 radical (unpaired) electrons. The average molecular weight is 710 g/mol. The Morgan fingerprint density at radius 3 is 1.62 bits per heavy atom. The van der Waals surface area contributed by atoms with Gasteiger partial charge in [0.2, 0.25) is 0 Å². The molecule has 0 bridgehead atoms. The maximum atomic E-state index is 13.7. The van der Waals surface area contributed by atoms with Crippen LogP contribution in [0.1, 0.15) is 16.7 Å². The predicted molar refractivity (Wildman–Crippen MR) is 167 cm³/mol. The van der Waals surface area contributed by atoms with Crippen LogP contribution in [0.4, 0.5) is 17.6 Å². The molecule has 2 heterocycles. The molecule has 15 heteroatoms. The van der Waals surface area contributed by atoms with Gasteiger partial charge in [0.15, 0.2) is 12.6 Å². The minimum absolute atomic E-state index is 0.0388. The standard InChI is InChI=1S/C35H39F4NO10/c36-16-24-27(41)28(42)26(40-34(44)35(37,38)39)33(50-24)48-20-25-29(45-17-21-10-4-1-5-11-21)30(46-18-22-12-6-2-7-13-22)31(32(43)49-25)47-19-23-14-8-3-9-15-23/h1-15,24-33,41-43H,16-20H2,(H,40,44)/t24-,25-,26+,27-,28-,29-,30+,31+,32+,33+/m1/s1. The number of aliphatic hydroxyl groups is 3. The number of carbonyl (C=O) groups is 1. The third-order valence-electron chi connectivity index (χ3n) is 8.30. The van der Waals surface area contributed by atoms with Crippen LogP contribution in [0.25, 0.3) is 0 Å². The van der Waals surface area contributed by atoms with Crippen LogP contribution in [0.2, 0.25) is 0 Å². The highest BCUT2D eigenvalue weighted by Gasteiger charge is 2.51. The van der Waals surface area contributed by atoms with E-state index in [2.05, 4.69) is 0 Å². The van der Waals surface area contributed by atoms with Crippen molar-refractivity contribution in [3.63, 3.8) is 0 Å². The van der Waals surface area contributed by atoms with Gasteiger partial charge in [0.25, 0.3) is 0 Å². The van der Waals surface area contributed by atoms with Crippen LogP contribution < -0.4 is 5.32 Å². The summed E-state index contributed by atoms with van der Waals surface area (Å²) in [6.45, 7) is -1.71. The van der Waals surface area contributed by atoms with Crippen LogP contribution in [0.3, 0.4) is 0 Å². The Morgan fingerprint density at radius 2 is 1.14 bits per heavy atom. The third kappa shape index (κ3) is 9.84. The molecular weight excluding hydrogens is 670 g/mol. The Balaban J connectivity index is 1.41. The normalized spacial score (nSPS) is 30.1. The van der Waals surface area contributed by atoms with Gasteiger partial charge in [-0.15, -0.1) is 0 Å². The summed E-state index contributed by atoms with van der Waals surface area (Å²) in [4.78, 5) is 11.8. The lowest BCUT2D eigenvalue weighted by molar-refractivity contribution is -0.329. The molecule has 4 N–H and O–H groups in total. The van der Waals surface area contributed by atoms with E-state index in [1.54, 1.807) is 5.32 Å². The van der Waals surface area contributed by atoms with Crippen molar-refractivity contribution in [3.8, 4) is 0 Å². The minimum atomic E-state index is -5.35. The number of alkyl halides is 4. The summed E-state index contributed by atoms with van der Waals surface area (Å²) in [5.74, 6) is -2.44. The van der Waals surface area contributed by atoms with E-state index >= 15 is 0 Å². The molecule has 0 unspecified atom stereocenters. The quantitative estimate of drug-likeness (QED) is 0.185. The first-order valence-corrected chi connectivity index (χ1v) is 15.9. The number of amides is 1. The van der Waals surface area contributed by atoms with Crippen molar-refractivity contribution in [3.05, 3.63) is 108 Å². The number of ether oxygens (including phenoxy) is 6. The summed E-state index contributed by atoms with van der Waals surface area (Å²) in [7, 11) is 0. The van der Waals surface area contributed by atoms with Gasteiger partial charge in [-0.25, -0.2) is 4.39 Å². The molecule has 2 aliphatic rings. The van der Waals surface area contributed by atoms with E-state index in [1.807, 2.05) is 91.0 Å². The summed E-state index contributed by atoms with van der Waals surface area (Å²) < 4.78 is 89.1. The molecule has 50 heavy (non-hydrogen) atoms. The number of rotatable bonds is 14. The van der Waals surface area contributed by atoms with Gasteiger partial charge >= 0.3 is 12.1 Å². The van der Waals surface area contributed by atoms with E-state index in [-0.39, 0.29) is 19.8 Å². The van der Waals surface area contributed by atoms with E-state index in [9.17, 15) is 37.7 Å². The van der Waals surface area contributed by atoms with Gasteiger partial charge < -0.3 is 49.1 Å². The summed E-state index contributed by atoms with van der Waals surface area (Å²) in [6, 6.07) is 25.5. The second-order valence-corrected chi connectivity index (χ2v) is 11.9. The largest absolute Gasteiger partial charge is 0.471 e. The van der Waals surface area contributed by atoms with E-state index in [1.165, 1.54) is 0 Å². The van der Waals surface area contributed by atoms with Crippen molar-refractivity contribution in [2.24, 2.45) is 0 Å². The fourth-order valence-corrected chi connectivity index (χ4v) is 5.68. The third-order valence-corrected chi connectivity index (χ3v) is 8.30. The van der Waals surface area contributed by atoms with Crippen LogP contribution in [0.5, 0.6) is 0 Å². The Kier molecular flexibility index (Phi) is 13.3. The number of hydrogen-bond acceptors (Lipinski definition) is 10. The number of nitrogens with one attached hydrogen (secondary N) is 1. The molecule has 272 valence electrons. The fourth-order valence-electron chi connectivity index (χ4n) is 5.68. The lowest BCUT2D eigenvalue weighted by atomic mass is 9.96. The maximum absolute atomic E-state index is 13.7. The second-order valence-electron chi connectivity index (χ2n) is 11.9. The topological polar surface area (TPSA) is 145 Å². The smallest absolute Gasteiger partial charge is 0.388 e. The van der Waals surface area contributed by atoms with Crippen molar-refractivity contribution in [1.29, 1.82) is 0 Å². The van der Waals surface area contributed by atoms with Gasteiger partial charge in [-0.3, -0.25) is 4.79 Å². The zero-order chi connectivity index (χ0) is 35.7. The molecule has 0 aliphatic carbocycles. The molecule has 2 aliphatic heterocycles. The molecular formula is C35H39F4NO10. The Labute approximate surface area is 285 Å². The predicted octanol–water partition coefficient (Wildman–Crippen LogP) is 2.94. The second kappa shape index (κ2) is 17.6. The molecule has 0 aromatic heterocycles. The number of halogens is 4. The van der Waals surface area contributed by atoms with E-state index in [4.69, 9.17) is 28.4 Å². The average Bonchev–Trinajstić information content (AvgIpc) is 3.12. The molecule has 0 spiro atoms. The molecule has 2 saturated heterocycles. The lowest BCUT2D eigenvalue weighted by Gasteiger charge is -2.46. The number of hydrogen-bond donors (Lipinski definition) is 4. The zero-order valence-corrected chi connectivity index (χ0v) is 26.7. The monoisotopic (exact) mass is 709 g/mol. The van der Waals surface area contributed by atoms with Crippen molar-refractivity contribution in [2.45, 2.75) is 87.3 Å². The van der Waals surface area contributed by atoms with Gasteiger partial charge in [-0.05, 0) is 16.7 Å². The Bertz CT molecular complexity index is 1460. The fraction of sp³-hybridized carbons (Fsp3) is 0.457. The molecule has 2 fully saturated rings. The van der Waals surface area contributed by atoms with Gasteiger partial charge in [-0.2, -0.15) is 13.2 Å². The molecule has 3 aromatic rings. The highest BCUT2D eigenvalue weighted by Crippen LogP contribution is 2.31. The summed E-state index contributed by atoms with van der Waals surface area (Å²) in [5, 5.41) is 33.7. The van der Waals surface area contributed by atoms with Gasteiger partial charge in [0.05, 0.1) is 26.4 Å².